The lowest BCUT2D eigenvalue weighted by atomic mass is 10.1. The number of nitrogens with zero attached hydrogens (tertiary/aromatic N) is 2. The molecule has 0 spiro atoms. The number of hydrogen-bond acceptors (Lipinski definition) is 5. The molecule has 3 aromatic heterocycles. The number of thiophene rings is 1. The van der Waals surface area contributed by atoms with E-state index in [1.165, 1.54) is 28.2 Å². The van der Waals surface area contributed by atoms with E-state index < -0.39 is 0 Å². The molecule has 4 nitrogen and oxygen atoms in total. The fraction of sp³-hybridized carbons (Fsp3) is 0.130. The molecule has 7 heteroatoms. The first kappa shape index (κ1) is 19.3. The predicted molar refractivity (Wildman–Crippen MR) is 125 cm³/mol. The highest BCUT2D eigenvalue weighted by Crippen LogP contribution is 2.38. The minimum atomic E-state index is -0.172. The van der Waals surface area contributed by atoms with E-state index in [2.05, 4.69) is 13.0 Å². The number of halogens is 1. The van der Waals surface area contributed by atoms with Gasteiger partial charge in [0.15, 0.2) is 5.13 Å². The Balaban J connectivity index is 1.63. The molecule has 0 aliphatic heterocycles. The van der Waals surface area contributed by atoms with E-state index in [0.717, 1.165) is 26.7 Å². The highest BCUT2D eigenvalue weighted by Gasteiger charge is 2.27. The molecule has 30 heavy (non-hydrogen) atoms. The number of rotatable bonds is 5. The van der Waals surface area contributed by atoms with E-state index in [9.17, 15) is 4.79 Å². The first-order chi connectivity index (χ1) is 14.7. The maximum absolute atomic E-state index is 13.7. The summed E-state index contributed by atoms with van der Waals surface area (Å²) in [5, 5.41) is 2.02. The van der Waals surface area contributed by atoms with E-state index in [1.54, 1.807) is 11.2 Å². The summed E-state index contributed by atoms with van der Waals surface area (Å²) >= 11 is 9.53. The number of hydrogen-bond donors (Lipinski definition) is 0. The van der Waals surface area contributed by atoms with Gasteiger partial charge < -0.3 is 4.42 Å². The van der Waals surface area contributed by atoms with Crippen molar-refractivity contribution in [2.45, 2.75) is 19.9 Å². The van der Waals surface area contributed by atoms with Crippen LogP contribution in [0.3, 0.4) is 0 Å². The SMILES string of the molecule is CCc1cccc2sc(N(Cc3ccco3)C(=O)c3sc4ccccc4c3Cl)nc12. The number of amides is 1. The van der Waals surface area contributed by atoms with Gasteiger partial charge in [0.05, 0.1) is 28.0 Å². The van der Waals surface area contributed by atoms with Crippen molar-refractivity contribution in [1.82, 2.24) is 4.98 Å². The molecule has 0 aliphatic rings. The molecule has 0 saturated carbocycles. The Morgan fingerprint density at radius 3 is 2.67 bits per heavy atom. The van der Waals surface area contributed by atoms with Gasteiger partial charge in [0, 0.05) is 10.1 Å². The zero-order valence-corrected chi connectivity index (χ0v) is 18.5. The number of carbonyl (C=O) groups excluding carboxylic acids is 1. The van der Waals surface area contributed by atoms with Crippen molar-refractivity contribution in [2.24, 2.45) is 0 Å². The summed E-state index contributed by atoms with van der Waals surface area (Å²) in [4.78, 5) is 20.7. The van der Waals surface area contributed by atoms with Gasteiger partial charge in [-0.25, -0.2) is 4.98 Å². The fourth-order valence-corrected chi connectivity index (χ4v) is 5.93. The molecule has 0 N–H and O–H groups in total. The summed E-state index contributed by atoms with van der Waals surface area (Å²) in [5.74, 6) is 0.519. The normalized spacial score (nSPS) is 11.4. The van der Waals surface area contributed by atoms with Crippen LogP contribution in [0.2, 0.25) is 5.02 Å². The van der Waals surface area contributed by atoms with Crippen molar-refractivity contribution >= 4 is 65.6 Å². The van der Waals surface area contributed by atoms with E-state index in [1.807, 2.05) is 48.5 Å². The molecule has 0 aliphatic carbocycles. The number of furan rings is 1. The Kier molecular flexibility index (Phi) is 5.06. The third-order valence-electron chi connectivity index (χ3n) is 4.97. The molecule has 0 atom stereocenters. The van der Waals surface area contributed by atoms with E-state index in [-0.39, 0.29) is 12.5 Å². The van der Waals surface area contributed by atoms with Gasteiger partial charge in [-0.1, -0.05) is 60.2 Å². The van der Waals surface area contributed by atoms with Crippen molar-refractivity contribution in [3.63, 3.8) is 0 Å². The summed E-state index contributed by atoms with van der Waals surface area (Å²) in [5.41, 5.74) is 2.11. The molecule has 0 unspecified atom stereocenters. The van der Waals surface area contributed by atoms with Crippen LogP contribution in [-0.2, 0) is 13.0 Å². The molecule has 0 radical (unpaired) electrons. The quantitative estimate of drug-likeness (QED) is 0.284. The Hall–Kier alpha value is -2.67. The third kappa shape index (κ3) is 3.31. The predicted octanol–water partition coefficient (Wildman–Crippen LogP) is 7.17. The Bertz CT molecular complexity index is 1350. The smallest absolute Gasteiger partial charge is 0.272 e. The van der Waals surface area contributed by atoms with Gasteiger partial charge in [-0.3, -0.25) is 9.69 Å². The molecular formula is C23H17ClN2O2S2. The van der Waals surface area contributed by atoms with E-state index >= 15 is 0 Å². The minimum Gasteiger partial charge on any atom is -0.467 e. The molecule has 5 aromatic rings. The number of aryl methyl sites for hydroxylation is 1. The van der Waals surface area contributed by atoms with Gasteiger partial charge in [-0.15, -0.1) is 11.3 Å². The highest BCUT2D eigenvalue weighted by atomic mass is 35.5. The Morgan fingerprint density at radius 2 is 1.90 bits per heavy atom. The molecule has 0 fully saturated rings. The average Bonchev–Trinajstić information content (AvgIpc) is 3.50. The zero-order chi connectivity index (χ0) is 20.7. The largest absolute Gasteiger partial charge is 0.467 e. The van der Waals surface area contributed by atoms with Crippen LogP contribution in [0.1, 0.15) is 27.9 Å². The van der Waals surface area contributed by atoms with E-state index in [4.69, 9.17) is 21.0 Å². The molecule has 0 bridgehead atoms. The van der Waals surface area contributed by atoms with Crippen LogP contribution in [0.4, 0.5) is 5.13 Å². The number of anilines is 1. The molecular weight excluding hydrogens is 436 g/mol. The Morgan fingerprint density at radius 1 is 1.07 bits per heavy atom. The van der Waals surface area contributed by atoms with Crippen LogP contribution in [0.25, 0.3) is 20.3 Å². The highest BCUT2D eigenvalue weighted by molar-refractivity contribution is 7.23. The molecule has 150 valence electrons. The minimum absolute atomic E-state index is 0.172. The van der Waals surface area contributed by atoms with Crippen LogP contribution in [-0.4, -0.2) is 10.9 Å². The summed E-state index contributed by atoms with van der Waals surface area (Å²) < 4.78 is 7.58. The zero-order valence-electron chi connectivity index (χ0n) is 16.1. The number of thiazole rings is 1. The lowest BCUT2D eigenvalue weighted by molar-refractivity contribution is 0.0987. The Labute approximate surface area is 186 Å². The number of carbonyl (C=O) groups is 1. The van der Waals surface area contributed by atoms with Crippen molar-refractivity contribution in [1.29, 1.82) is 0 Å². The molecule has 3 heterocycles. The number of fused-ring (bicyclic) bond motifs is 2. The van der Waals surface area contributed by atoms with Gasteiger partial charge in [0.2, 0.25) is 0 Å². The molecule has 5 rings (SSSR count). The monoisotopic (exact) mass is 452 g/mol. The summed E-state index contributed by atoms with van der Waals surface area (Å²) in [6.07, 6.45) is 2.49. The van der Waals surface area contributed by atoms with Crippen molar-refractivity contribution in [3.8, 4) is 0 Å². The van der Waals surface area contributed by atoms with Crippen molar-refractivity contribution in [2.75, 3.05) is 4.90 Å². The number of aromatic nitrogens is 1. The summed E-state index contributed by atoms with van der Waals surface area (Å²) in [6, 6.07) is 17.6. The van der Waals surface area contributed by atoms with Crippen molar-refractivity contribution < 1.29 is 9.21 Å². The lowest BCUT2D eigenvalue weighted by Gasteiger charge is -2.18. The molecule has 2 aromatic carbocycles. The second kappa shape index (κ2) is 7.87. The van der Waals surface area contributed by atoms with Gasteiger partial charge in [0.1, 0.15) is 10.6 Å². The standard InChI is InChI=1S/C23H17ClN2O2S2/c1-2-14-7-5-11-18-20(14)25-23(30-18)26(13-15-8-6-12-28-15)22(27)21-19(24)16-9-3-4-10-17(16)29-21/h3-12H,2,13H2,1H3. The topological polar surface area (TPSA) is 46.3 Å². The number of para-hydroxylation sites is 1. The van der Waals surface area contributed by atoms with Crippen LogP contribution in [0.15, 0.2) is 65.3 Å². The second-order valence-electron chi connectivity index (χ2n) is 6.83. The number of benzene rings is 2. The van der Waals surface area contributed by atoms with Crippen molar-refractivity contribution in [3.05, 3.63) is 82.1 Å². The maximum atomic E-state index is 13.7. The van der Waals surface area contributed by atoms with Gasteiger partial charge >= 0.3 is 0 Å². The first-order valence-electron chi connectivity index (χ1n) is 9.55. The van der Waals surface area contributed by atoms with Gasteiger partial charge in [0.25, 0.3) is 5.91 Å². The van der Waals surface area contributed by atoms with E-state index in [0.29, 0.717) is 20.8 Å². The van der Waals surface area contributed by atoms with Crippen LogP contribution >= 0.6 is 34.3 Å². The molecule has 0 saturated heterocycles. The summed E-state index contributed by atoms with van der Waals surface area (Å²) in [6.45, 7) is 2.40. The van der Waals surface area contributed by atoms with Crippen LogP contribution in [0.5, 0.6) is 0 Å². The van der Waals surface area contributed by atoms with Gasteiger partial charge in [-0.2, -0.15) is 0 Å². The first-order valence-corrected chi connectivity index (χ1v) is 11.6. The summed E-state index contributed by atoms with van der Waals surface area (Å²) in [7, 11) is 0. The van der Waals surface area contributed by atoms with Gasteiger partial charge in [-0.05, 0) is 36.2 Å². The van der Waals surface area contributed by atoms with Crippen LogP contribution < -0.4 is 4.90 Å². The average molecular weight is 453 g/mol. The third-order valence-corrected chi connectivity index (χ3v) is 7.68. The molecule has 1 amide bonds. The second-order valence-corrected chi connectivity index (χ2v) is 9.27. The van der Waals surface area contributed by atoms with Crippen LogP contribution in [0, 0.1) is 0 Å². The fourth-order valence-electron chi connectivity index (χ4n) is 3.45. The maximum Gasteiger partial charge on any atom is 0.272 e. The lowest BCUT2D eigenvalue weighted by Crippen LogP contribution is -2.29.